The minimum absolute atomic E-state index is 0.0698. The van der Waals surface area contributed by atoms with E-state index < -0.39 is 0 Å². The number of aromatic nitrogens is 1. The maximum Gasteiger partial charge on any atom is 0.186 e. The highest BCUT2D eigenvalue weighted by atomic mass is 32.1. The van der Waals surface area contributed by atoms with E-state index in [4.69, 9.17) is 4.98 Å². The summed E-state index contributed by atoms with van der Waals surface area (Å²) in [5.74, 6) is 1.47. The van der Waals surface area contributed by atoms with Crippen molar-refractivity contribution in [3.8, 4) is 0 Å². The summed E-state index contributed by atoms with van der Waals surface area (Å²) in [6.07, 6.45) is 2.17. The number of hydrogen-bond donors (Lipinski definition) is 0. The molecular weight excluding hydrogens is 256 g/mol. The molecule has 1 aliphatic rings. The van der Waals surface area contributed by atoms with Gasteiger partial charge in [-0.05, 0) is 18.3 Å². The van der Waals surface area contributed by atoms with Crippen LogP contribution >= 0.6 is 11.3 Å². The van der Waals surface area contributed by atoms with Crippen molar-refractivity contribution >= 4 is 22.8 Å². The van der Waals surface area contributed by atoms with Crippen LogP contribution in [-0.4, -0.2) is 24.4 Å². The Balaban J connectivity index is 2.27. The van der Waals surface area contributed by atoms with Crippen LogP contribution in [0.1, 0.15) is 56.4 Å². The number of carbonyl (C=O) groups excluding carboxylic acids is 1. The minimum Gasteiger partial charge on any atom is -0.348 e. The number of nitrogens with zero attached hydrogens (tertiary/aromatic N) is 2. The molecule has 1 fully saturated rings. The fourth-order valence-corrected chi connectivity index (χ4v) is 3.63. The van der Waals surface area contributed by atoms with Crippen molar-refractivity contribution < 1.29 is 4.79 Å². The molecule has 106 valence electrons. The van der Waals surface area contributed by atoms with Crippen LogP contribution in [0.25, 0.3) is 0 Å². The maximum absolute atomic E-state index is 11.2. The average Bonchev–Trinajstić information content (AvgIpc) is 2.76. The zero-order chi connectivity index (χ0) is 14.2. The van der Waals surface area contributed by atoms with Gasteiger partial charge in [0, 0.05) is 18.5 Å². The summed E-state index contributed by atoms with van der Waals surface area (Å²) in [4.78, 5) is 19.1. The van der Waals surface area contributed by atoms with Crippen LogP contribution in [0.3, 0.4) is 0 Å². The monoisotopic (exact) mass is 280 g/mol. The van der Waals surface area contributed by atoms with Gasteiger partial charge in [-0.1, -0.05) is 46.0 Å². The molecule has 2 atom stereocenters. The summed E-state index contributed by atoms with van der Waals surface area (Å²) in [7, 11) is 0. The normalized spacial score (nSPS) is 24.6. The van der Waals surface area contributed by atoms with E-state index in [9.17, 15) is 4.79 Å². The highest BCUT2D eigenvalue weighted by Crippen LogP contribution is 2.35. The van der Waals surface area contributed by atoms with E-state index in [1.54, 1.807) is 11.3 Å². The molecule has 1 aliphatic heterocycles. The minimum atomic E-state index is -0.0698. The number of rotatable bonds is 2. The van der Waals surface area contributed by atoms with Crippen LogP contribution in [0.5, 0.6) is 0 Å². The number of carbonyl (C=O) groups is 1. The summed E-state index contributed by atoms with van der Waals surface area (Å²) >= 11 is 1.54. The predicted octanol–water partition coefficient (Wildman–Crippen LogP) is 3.74. The first kappa shape index (κ1) is 14.5. The van der Waals surface area contributed by atoms with Gasteiger partial charge in [-0.3, -0.25) is 4.79 Å². The quantitative estimate of drug-likeness (QED) is 0.774. The van der Waals surface area contributed by atoms with E-state index in [-0.39, 0.29) is 5.41 Å². The third kappa shape index (κ3) is 2.99. The number of aldehydes is 1. The van der Waals surface area contributed by atoms with E-state index >= 15 is 0 Å². The SMILES string of the molecule is CC1CCN(c2nc(C(C)(C)C)c(C=O)s2)CC1C. The van der Waals surface area contributed by atoms with Gasteiger partial charge in [0.25, 0.3) is 0 Å². The summed E-state index contributed by atoms with van der Waals surface area (Å²) < 4.78 is 0. The molecule has 2 heterocycles. The Morgan fingerprint density at radius 2 is 2.00 bits per heavy atom. The molecule has 19 heavy (non-hydrogen) atoms. The lowest BCUT2D eigenvalue weighted by atomic mass is 9.89. The molecule has 0 spiro atoms. The van der Waals surface area contributed by atoms with Gasteiger partial charge in [0.2, 0.25) is 0 Å². The number of piperidine rings is 1. The Morgan fingerprint density at radius 3 is 2.47 bits per heavy atom. The fourth-order valence-electron chi connectivity index (χ4n) is 2.51. The Morgan fingerprint density at radius 1 is 1.32 bits per heavy atom. The smallest absolute Gasteiger partial charge is 0.186 e. The molecule has 0 aromatic carbocycles. The highest BCUT2D eigenvalue weighted by Gasteiger charge is 2.28. The lowest BCUT2D eigenvalue weighted by molar-refractivity contribution is 0.112. The molecule has 0 bridgehead atoms. The predicted molar refractivity (Wildman–Crippen MR) is 81.4 cm³/mol. The molecule has 0 radical (unpaired) electrons. The molecule has 0 N–H and O–H groups in total. The molecule has 3 nitrogen and oxygen atoms in total. The van der Waals surface area contributed by atoms with E-state index in [0.717, 1.165) is 41.0 Å². The van der Waals surface area contributed by atoms with Crippen LogP contribution in [0.2, 0.25) is 0 Å². The summed E-state index contributed by atoms with van der Waals surface area (Å²) in [5.41, 5.74) is 0.869. The second kappa shape index (κ2) is 5.23. The fraction of sp³-hybridized carbons (Fsp3) is 0.733. The van der Waals surface area contributed by atoms with Crippen LogP contribution < -0.4 is 4.90 Å². The molecule has 4 heteroatoms. The van der Waals surface area contributed by atoms with Crippen molar-refractivity contribution in [2.75, 3.05) is 18.0 Å². The first-order valence-electron chi connectivity index (χ1n) is 7.04. The molecule has 0 amide bonds. The Kier molecular flexibility index (Phi) is 4.00. The topological polar surface area (TPSA) is 33.2 Å². The molecule has 0 saturated carbocycles. The molecule has 2 rings (SSSR count). The van der Waals surface area contributed by atoms with Gasteiger partial charge in [-0.15, -0.1) is 0 Å². The number of hydrogen-bond acceptors (Lipinski definition) is 4. The highest BCUT2D eigenvalue weighted by molar-refractivity contribution is 7.17. The molecule has 1 aromatic rings. The van der Waals surface area contributed by atoms with Crippen molar-refractivity contribution in [3.05, 3.63) is 10.6 Å². The van der Waals surface area contributed by atoms with Crippen molar-refractivity contribution in [2.24, 2.45) is 11.8 Å². The standard InChI is InChI=1S/C15H24N2OS/c1-10-6-7-17(8-11(10)2)14-16-13(15(3,4)5)12(9-18)19-14/h9-11H,6-8H2,1-5H3. The summed E-state index contributed by atoms with van der Waals surface area (Å²) in [6.45, 7) is 13.1. The van der Waals surface area contributed by atoms with E-state index in [1.165, 1.54) is 6.42 Å². The van der Waals surface area contributed by atoms with Crippen molar-refractivity contribution in [3.63, 3.8) is 0 Å². The van der Waals surface area contributed by atoms with E-state index in [0.29, 0.717) is 5.92 Å². The molecule has 2 unspecified atom stereocenters. The van der Waals surface area contributed by atoms with Gasteiger partial charge in [-0.25, -0.2) is 4.98 Å². The lowest BCUT2D eigenvalue weighted by Crippen LogP contribution is -2.38. The second-order valence-corrected chi connectivity index (χ2v) is 7.78. The average molecular weight is 280 g/mol. The molecular formula is C15H24N2OS. The van der Waals surface area contributed by atoms with Crippen LogP contribution in [0.15, 0.2) is 0 Å². The molecule has 0 aliphatic carbocycles. The first-order chi connectivity index (χ1) is 8.82. The zero-order valence-electron chi connectivity index (χ0n) is 12.6. The largest absolute Gasteiger partial charge is 0.348 e. The van der Waals surface area contributed by atoms with Crippen LogP contribution in [0, 0.1) is 11.8 Å². The van der Waals surface area contributed by atoms with Crippen molar-refractivity contribution in [1.29, 1.82) is 0 Å². The Bertz CT molecular complexity index is 461. The van der Waals surface area contributed by atoms with Gasteiger partial charge in [0.1, 0.15) is 0 Å². The van der Waals surface area contributed by atoms with Crippen molar-refractivity contribution in [1.82, 2.24) is 4.98 Å². The summed E-state index contributed by atoms with van der Waals surface area (Å²) in [6, 6.07) is 0. The lowest BCUT2D eigenvalue weighted by Gasteiger charge is -2.35. The van der Waals surface area contributed by atoms with E-state index in [2.05, 4.69) is 39.5 Å². The van der Waals surface area contributed by atoms with Gasteiger partial charge >= 0.3 is 0 Å². The van der Waals surface area contributed by atoms with Gasteiger partial charge in [-0.2, -0.15) is 0 Å². The van der Waals surface area contributed by atoms with Gasteiger partial charge in [0.05, 0.1) is 10.6 Å². The van der Waals surface area contributed by atoms with Crippen molar-refractivity contribution in [2.45, 2.75) is 46.5 Å². The summed E-state index contributed by atoms with van der Waals surface area (Å²) in [5, 5.41) is 1.02. The molecule has 1 saturated heterocycles. The molecule has 1 aromatic heterocycles. The number of thiazole rings is 1. The number of anilines is 1. The second-order valence-electron chi connectivity index (χ2n) is 6.77. The zero-order valence-corrected chi connectivity index (χ0v) is 13.4. The third-order valence-corrected chi connectivity index (χ3v) is 5.11. The van der Waals surface area contributed by atoms with Crippen LogP contribution in [-0.2, 0) is 5.41 Å². The van der Waals surface area contributed by atoms with Gasteiger partial charge < -0.3 is 4.90 Å². The van der Waals surface area contributed by atoms with Gasteiger partial charge in [0.15, 0.2) is 11.4 Å². The first-order valence-corrected chi connectivity index (χ1v) is 7.86. The Hall–Kier alpha value is -0.900. The third-order valence-electron chi connectivity index (χ3n) is 4.06. The van der Waals surface area contributed by atoms with E-state index in [1.807, 2.05) is 0 Å². The maximum atomic E-state index is 11.2. The van der Waals surface area contributed by atoms with Crippen LogP contribution in [0.4, 0.5) is 5.13 Å². The Labute approximate surface area is 120 Å².